The highest BCUT2D eigenvalue weighted by Gasteiger charge is 2.57. The fourth-order valence-electron chi connectivity index (χ4n) is 14.9. The molecule has 0 fully saturated rings. The van der Waals surface area contributed by atoms with Crippen LogP contribution in [0.5, 0.6) is 0 Å². The van der Waals surface area contributed by atoms with Crippen molar-refractivity contribution >= 4 is 49.6 Å². The Morgan fingerprint density at radius 3 is 1.78 bits per heavy atom. The zero-order valence-corrected chi connectivity index (χ0v) is 40.1. The van der Waals surface area contributed by atoms with Crippen LogP contribution in [0.25, 0.3) is 71.6 Å². The number of hydrogen-bond donors (Lipinski definition) is 0. The van der Waals surface area contributed by atoms with Crippen LogP contribution in [0.15, 0.2) is 267 Å². The van der Waals surface area contributed by atoms with Crippen molar-refractivity contribution in [1.29, 1.82) is 0 Å². The van der Waals surface area contributed by atoms with E-state index < -0.39 is 10.8 Å². The van der Waals surface area contributed by atoms with Crippen molar-refractivity contribution in [2.45, 2.75) is 16.7 Å². The summed E-state index contributed by atoms with van der Waals surface area (Å²) in [6, 6.07) is 79.3. The second kappa shape index (κ2) is 14.7. The Labute approximate surface area is 435 Å². The predicted molar refractivity (Wildman–Crippen MR) is 306 cm³/mol. The van der Waals surface area contributed by atoms with E-state index in [0.29, 0.717) is 11.1 Å². The first-order valence-electron chi connectivity index (χ1n) is 27.8. The maximum absolute atomic E-state index is 9.86. The zero-order chi connectivity index (χ0) is 51.8. The van der Waals surface area contributed by atoms with Gasteiger partial charge in [-0.1, -0.05) is 218 Å². The van der Waals surface area contributed by atoms with Crippen LogP contribution in [0.1, 0.15) is 55.9 Å². The first-order valence-corrected chi connectivity index (χ1v) is 25.8. The number of nitrogens with zero attached hydrogens (tertiary/aromatic N) is 2. The third-order valence-electron chi connectivity index (χ3n) is 17.6. The monoisotopic (exact) mass is 942 g/mol. The van der Waals surface area contributed by atoms with E-state index in [2.05, 4.69) is 234 Å². The van der Waals surface area contributed by atoms with Gasteiger partial charge in [0.2, 0.25) is 0 Å². The van der Waals surface area contributed by atoms with Crippen LogP contribution in [0.4, 0.5) is 17.1 Å². The summed E-state index contributed by atoms with van der Waals surface area (Å²) in [6.45, 7) is 0. The lowest BCUT2D eigenvalue weighted by Gasteiger charge is -2.41. The van der Waals surface area contributed by atoms with Crippen molar-refractivity contribution in [3.63, 3.8) is 0 Å². The minimum absolute atomic E-state index is 0.00951. The molecule has 3 atom stereocenters. The summed E-state index contributed by atoms with van der Waals surface area (Å²) >= 11 is 0. The molecule has 2 nitrogen and oxygen atoms in total. The minimum Gasteiger partial charge on any atom is -0.310 e. The van der Waals surface area contributed by atoms with Crippen molar-refractivity contribution in [1.82, 2.24) is 4.57 Å². The highest BCUT2D eigenvalue weighted by atomic mass is 15.1. The minimum atomic E-state index is -1.05. The lowest BCUT2D eigenvalue weighted by Crippen LogP contribution is -2.33. The molecule has 0 saturated heterocycles. The maximum Gasteiger partial charge on any atom is 0.0725 e. The summed E-state index contributed by atoms with van der Waals surface area (Å²) in [5, 5.41) is 4.47. The number of allylic oxidation sites excluding steroid dienone is 4. The molecule has 5 aliphatic carbocycles. The van der Waals surface area contributed by atoms with Crippen LogP contribution in [-0.2, 0) is 10.8 Å². The summed E-state index contributed by atoms with van der Waals surface area (Å²) in [6.07, 6.45) is 9.34. The second-order valence-electron chi connectivity index (χ2n) is 20.7. The SMILES string of the molecule is [2H]c1c([2H])c([2H])c2c(c1[2H])-c1ccccc1C21c2ccccc2-c2cccc3c(N(c4ccc5c(c4)C4(c6ccccc6-c6ccccc64)C4C=CC=CC54)c4ccc5c6ccccc6n(-c6ccccc6)c5c4)ccc1c23. The highest BCUT2D eigenvalue weighted by molar-refractivity contribution is 6.14. The normalized spacial score (nSPS) is 19.1. The topological polar surface area (TPSA) is 8.17 Å². The van der Waals surface area contributed by atoms with Crippen molar-refractivity contribution in [3.8, 4) is 39.1 Å². The van der Waals surface area contributed by atoms with Gasteiger partial charge in [-0.3, -0.25) is 0 Å². The Morgan fingerprint density at radius 1 is 0.405 bits per heavy atom. The lowest BCUT2D eigenvalue weighted by molar-refractivity contribution is 0.465. The van der Waals surface area contributed by atoms with Gasteiger partial charge < -0.3 is 9.47 Å². The summed E-state index contributed by atoms with van der Waals surface area (Å²) < 4.78 is 39.9. The van der Waals surface area contributed by atoms with E-state index >= 15 is 0 Å². The van der Waals surface area contributed by atoms with E-state index in [0.717, 1.165) is 77.9 Å². The number of rotatable bonds is 4. The van der Waals surface area contributed by atoms with Crippen LogP contribution in [0.3, 0.4) is 0 Å². The van der Waals surface area contributed by atoms with E-state index in [-0.39, 0.29) is 36.0 Å². The van der Waals surface area contributed by atoms with Crippen molar-refractivity contribution < 1.29 is 5.48 Å². The van der Waals surface area contributed by atoms with Crippen LogP contribution < -0.4 is 4.90 Å². The van der Waals surface area contributed by atoms with Gasteiger partial charge in [-0.2, -0.15) is 0 Å². The molecule has 0 radical (unpaired) electrons. The summed E-state index contributed by atoms with van der Waals surface area (Å²) in [4.78, 5) is 2.49. The third-order valence-corrected chi connectivity index (χ3v) is 17.6. The number of hydrogen-bond acceptors (Lipinski definition) is 1. The van der Waals surface area contributed by atoms with E-state index in [1.54, 1.807) is 0 Å². The van der Waals surface area contributed by atoms with Gasteiger partial charge >= 0.3 is 0 Å². The van der Waals surface area contributed by atoms with Gasteiger partial charge in [0.1, 0.15) is 0 Å². The number of benzene rings is 11. The molecule has 2 spiro atoms. The summed E-state index contributed by atoms with van der Waals surface area (Å²) in [5.41, 5.74) is 20.0. The third kappa shape index (κ3) is 4.91. The molecule has 0 saturated carbocycles. The molecule has 1 aromatic heterocycles. The molecule has 3 unspecified atom stereocenters. The first-order chi connectivity index (χ1) is 38.4. The number of fused-ring (bicyclic) bond motifs is 22. The Hall–Kier alpha value is -9.24. The van der Waals surface area contributed by atoms with Gasteiger partial charge in [0.15, 0.2) is 0 Å². The average molecular weight is 943 g/mol. The van der Waals surface area contributed by atoms with Crippen LogP contribution >= 0.6 is 0 Å². The van der Waals surface area contributed by atoms with Gasteiger partial charge in [-0.25, -0.2) is 0 Å². The lowest BCUT2D eigenvalue weighted by atomic mass is 9.61. The standard InChI is InChI=1S/C72H46N2/c1-2-19-45(20-3-1)74-67-36-17-10-27-55(67)56-40-38-47(44-69(56)74)73(46-37-39-54-52-25-8-15-34-63(52)72(66(54)43-46)61-32-13-6-23-50(61)51-24-7-14-33-62(51)72)68-42-41-65-70-57(28-18-29-58(68)70)53-26-9-16-35-64(53)71(65)59-30-11-4-21-48(59)49-22-5-12-31-60(49)71/h1-44,52,63H/i4D,11D,21D,30D. The largest absolute Gasteiger partial charge is 0.310 e. The second-order valence-corrected chi connectivity index (χ2v) is 20.7. The smallest absolute Gasteiger partial charge is 0.0725 e. The molecular formula is C72H46N2. The molecule has 74 heavy (non-hydrogen) atoms. The Kier molecular flexibility index (Phi) is 7.27. The Balaban J connectivity index is 0.991. The molecule has 0 amide bonds. The predicted octanol–water partition coefficient (Wildman–Crippen LogP) is 17.9. The van der Waals surface area contributed by atoms with E-state index in [1.165, 1.54) is 44.2 Å². The average Bonchev–Trinajstić information content (AvgIpc) is 4.37. The molecule has 5 aliphatic rings. The molecule has 344 valence electrons. The van der Waals surface area contributed by atoms with E-state index in [4.69, 9.17) is 1.37 Å². The van der Waals surface area contributed by atoms with Gasteiger partial charge in [0.05, 0.1) is 33.0 Å². The summed E-state index contributed by atoms with van der Waals surface area (Å²) in [7, 11) is 0. The molecule has 0 N–H and O–H groups in total. The van der Waals surface area contributed by atoms with Crippen molar-refractivity contribution in [2.24, 2.45) is 5.92 Å². The Bertz CT molecular complexity index is 4670. The fourth-order valence-corrected chi connectivity index (χ4v) is 14.9. The zero-order valence-electron chi connectivity index (χ0n) is 44.1. The van der Waals surface area contributed by atoms with Crippen molar-refractivity contribution in [2.75, 3.05) is 4.90 Å². The van der Waals surface area contributed by atoms with Crippen LogP contribution in [-0.4, -0.2) is 4.57 Å². The molecule has 0 bridgehead atoms. The van der Waals surface area contributed by atoms with E-state index in [1.807, 2.05) is 18.2 Å². The van der Waals surface area contributed by atoms with Gasteiger partial charge in [0, 0.05) is 45.1 Å². The number of aromatic nitrogens is 1. The fraction of sp³-hybridized carbons (Fsp3) is 0.0556. The van der Waals surface area contributed by atoms with Gasteiger partial charge in [-0.05, 0) is 132 Å². The molecule has 2 heteroatoms. The van der Waals surface area contributed by atoms with Gasteiger partial charge in [0.25, 0.3) is 0 Å². The first kappa shape index (κ1) is 36.6. The van der Waals surface area contributed by atoms with Crippen LogP contribution in [0.2, 0.25) is 0 Å². The molecule has 0 aliphatic heterocycles. The Morgan fingerprint density at radius 2 is 1.00 bits per heavy atom. The van der Waals surface area contributed by atoms with Crippen LogP contribution in [0, 0.1) is 5.92 Å². The van der Waals surface area contributed by atoms with Gasteiger partial charge in [-0.15, -0.1) is 0 Å². The summed E-state index contributed by atoms with van der Waals surface area (Å²) in [5.74, 6) is 0.347. The maximum atomic E-state index is 9.86. The number of anilines is 3. The van der Waals surface area contributed by atoms with E-state index in [9.17, 15) is 4.11 Å². The molecule has 17 rings (SSSR count). The highest BCUT2D eigenvalue weighted by Crippen LogP contribution is 2.67. The molecule has 11 aromatic carbocycles. The molecular weight excluding hydrogens is 893 g/mol. The quantitative estimate of drug-likeness (QED) is 0.171. The van der Waals surface area contributed by atoms with Crippen molar-refractivity contribution in [3.05, 3.63) is 311 Å². The molecule has 1 heterocycles. The molecule has 12 aromatic rings. The number of para-hydroxylation sites is 2.